The maximum atomic E-state index is 8.92. The lowest BCUT2D eigenvalue weighted by atomic mass is 9.84. The van der Waals surface area contributed by atoms with Gasteiger partial charge in [0.05, 0.1) is 12.1 Å². The van der Waals surface area contributed by atoms with Crippen molar-refractivity contribution in [2.24, 2.45) is 5.92 Å². The van der Waals surface area contributed by atoms with Gasteiger partial charge in [-0.15, -0.1) is 0 Å². The second-order valence-electron chi connectivity index (χ2n) is 3.62. The number of benzene rings is 1. The highest BCUT2D eigenvalue weighted by Gasteiger charge is 2.22. The Hall–Kier alpha value is -1.84. The quantitative estimate of drug-likeness (QED) is 0.817. The Morgan fingerprint density at radius 3 is 2.25 bits per heavy atom. The zero-order chi connectivity index (χ0) is 11.8. The largest absolute Gasteiger partial charge is 0.396 e. The Balaban J connectivity index is 2.88. The molecule has 1 aromatic carbocycles. The van der Waals surface area contributed by atoms with E-state index in [0.29, 0.717) is 12.8 Å². The number of hydrogen-bond donors (Lipinski definition) is 1. The van der Waals surface area contributed by atoms with Crippen molar-refractivity contribution < 1.29 is 5.11 Å². The van der Waals surface area contributed by atoms with E-state index in [1.165, 1.54) is 0 Å². The molecule has 0 aliphatic carbocycles. The number of rotatable bonds is 5. The normalized spacial score (nSPS) is 11.8. The summed E-state index contributed by atoms with van der Waals surface area (Å²) in [5, 5.41) is 26.7. The van der Waals surface area contributed by atoms with Gasteiger partial charge in [-0.25, -0.2) is 0 Å². The fraction of sp³-hybridized carbons (Fsp3) is 0.385. The van der Waals surface area contributed by atoms with Gasteiger partial charge in [0.15, 0.2) is 0 Å². The van der Waals surface area contributed by atoms with E-state index in [1.807, 2.05) is 42.5 Å². The topological polar surface area (TPSA) is 67.8 Å². The van der Waals surface area contributed by atoms with E-state index in [-0.39, 0.29) is 12.5 Å². The Morgan fingerprint density at radius 2 is 1.75 bits per heavy atom. The minimum Gasteiger partial charge on any atom is -0.396 e. The summed E-state index contributed by atoms with van der Waals surface area (Å²) in [6.07, 6.45) is 1.27. The summed E-state index contributed by atoms with van der Waals surface area (Å²) in [6, 6.07) is 13.6. The van der Waals surface area contributed by atoms with Gasteiger partial charge in [-0.05, 0) is 18.4 Å². The highest BCUT2D eigenvalue weighted by atomic mass is 16.2. The minimum absolute atomic E-state index is 0.0902. The number of hydrogen-bond acceptors (Lipinski definition) is 3. The van der Waals surface area contributed by atoms with Gasteiger partial charge in [0.2, 0.25) is 0 Å². The second-order valence-corrected chi connectivity index (χ2v) is 3.62. The fourth-order valence-electron chi connectivity index (χ4n) is 1.75. The van der Waals surface area contributed by atoms with Gasteiger partial charge in [0, 0.05) is 12.5 Å². The smallest absolute Gasteiger partial charge is 0.140 e. The Labute approximate surface area is 95.6 Å². The van der Waals surface area contributed by atoms with Crippen molar-refractivity contribution in [3.63, 3.8) is 0 Å². The molecule has 0 aromatic heterocycles. The third-order valence-corrected chi connectivity index (χ3v) is 2.58. The van der Waals surface area contributed by atoms with Crippen LogP contribution in [0.15, 0.2) is 30.3 Å². The SMILES string of the molecule is N#CC(C#N)C(CCCO)c1ccccc1. The van der Waals surface area contributed by atoms with Gasteiger partial charge in [-0.1, -0.05) is 30.3 Å². The van der Waals surface area contributed by atoms with Gasteiger partial charge in [-0.3, -0.25) is 0 Å². The molecule has 3 nitrogen and oxygen atoms in total. The number of nitriles is 2. The van der Waals surface area contributed by atoms with E-state index in [2.05, 4.69) is 0 Å². The van der Waals surface area contributed by atoms with Crippen LogP contribution in [0.25, 0.3) is 0 Å². The summed E-state index contributed by atoms with van der Waals surface area (Å²) in [4.78, 5) is 0. The fourth-order valence-corrected chi connectivity index (χ4v) is 1.75. The molecule has 1 N–H and O–H groups in total. The summed E-state index contributed by atoms with van der Waals surface area (Å²) < 4.78 is 0. The lowest BCUT2D eigenvalue weighted by Gasteiger charge is -2.17. The van der Waals surface area contributed by atoms with Crippen LogP contribution in [0.2, 0.25) is 0 Å². The van der Waals surface area contributed by atoms with Gasteiger partial charge in [0.1, 0.15) is 5.92 Å². The highest BCUT2D eigenvalue weighted by Crippen LogP contribution is 2.28. The van der Waals surface area contributed by atoms with Crippen molar-refractivity contribution in [3.05, 3.63) is 35.9 Å². The van der Waals surface area contributed by atoms with Gasteiger partial charge in [0.25, 0.3) is 0 Å². The van der Waals surface area contributed by atoms with E-state index in [9.17, 15) is 0 Å². The van der Waals surface area contributed by atoms with E-state index in [0.717, 1.165) is 5.56 Å². The lowest BCUT2D eigenvalue weighted by Crippen LogP contribution is -2.10. The molecule has 3 heteroatoms. The molecule has 82 valence electrons. The minimum atomic E-state index is -0.644. The lowest BCUT2D eigenvalue weighted by molar-refractivity contribution is 0.277. The van der Waals surface area contributed by atoms with Gasteiger partial charge >= 0.3 is 0 Å². The monoisotopic (exact) mass is 214 g/mol. The van der Waals surface area contributed by atoms with Crippen molar-refractivity contribution in [2.75, 3.05) is 6.61 Å². The van der Waals surface area contributed by atoms with E-state index < -0.39 is 5.92 Å². The van der Waals surface area contributed by atoms with Crippen LogP contribution in [-0.2, 0) is 0 Å². The van der Waals surface area contributed by atoms with Crippen molar-refractivity contribution >= 4 is 0 Å². The molecule has 16 heavy (non-hydrogen) atoms. The maximum absolute atomic E-state index is 8.92. The predicted molar refractivity (Wildman–Crippen MR) is 60.2 cm³/mol. The molecule has 0 aliphatic rings. The van der Waals surface area contributed by atoms with E-state index in [4.69, 9.17) is 15.6 Å². The zero-order valence-electron chi connectivity index (χ0n) is 9.00. The number of aliphatic hydroxyl groups is 1. The maximum Gasteiger partial charge on any atom is 0.140 e. The summed E-state index contributed by atoms with van der Waals surface area (Å²) >= 11 is 0. The molecule has 0 heterocycles. The van der Waals surface area contributed by atoms with Crippen LogP contribution in [0, 0.1) is 28.6 Å². The predicted octanol–water partition coefficient (Wildman–Crippen LogP) is 2.21. The zero-order valence-corrected chi connectivity index (χ0v) is 9.00. The van der Waals surface area contributed by atoms with Crippen LogP contribution >= 0.6 is 0 Å². The molecule has 1 unspecified atom stereocenters. The third-order valence-electron chi connectivity index (χ3n) is 2.58. The molecule has 0 aliphatic heterocycles. The molecule has 0 fully saturated rings. The van der Waals surface area contributed by atoms with Crippen molar-refractivity contribution in [2.45, 2.75) is 18.8 Å². The summed E-state index contributed by atoms with van der Waals surface area (Å²) in [5.74, 6) is -0.753. The highest BCUT2D eigenvalue weighted by molar-refractivity contribution is 5.24. The van der Waals surface area contributed by atoms with Crippen molar-refractivity contribution in [1.82, 2.24) is 0 Å². The Bertz CT molecular complexity index is 375. The van der Waals surface area contributed by atoms with Crippen LogP contribution in [0.5, 0.6) is 0 Å². The van der Waals surface area contributed by atoms with E-state index in [1.54, 1.807) is 0 Å². The molecular formula is C13H14N2O. The van der Waals surface area contributed by atoms with Gasteiger partial charge in [-0.2, -0.15) is 10.5 Å². The van der Waals surface area contributed by atoms with Crippen molar-refractivity contribution in [3.8, 4) is 12.1 Å². The molecule has 1 aromatic rings. The average molecular weight is 214 g/mol. The Morgan fingerprint density at radius 1 is 1.12 bits per heavy atom. The van der Waals surface area contributed by atoms with Crippen LogP contribution in [0.3, 0.4) is 0 Å². The van der Waals surface area contributed by atoms with E-state index >= 15 is 0 Å². The first-order chi connectivity index (χ1) is 7.83. The second kappa shape index (κ2) is 6.61. The third kappa shape index (κ3) is 3.08. The molecule has 0 spiro atoms. The standard InChI is InChI=1S/C13H14N2O/c14-9-12(10-15)13(7-4-8-16)11-5-2-1-3-6-11/h1-3,5-6,12-13,16H,4,7-8H2. The first-order valence-corrected chi connectivity index (χ1v) is 5.28. The molecule has 0 saturated heterocycles. The molecule has 0 saturated carbocycles. The first-order valence-electron chi connectivity index (χ1n) is 5.28. The summed E-state index contributed by atoms with van der Waals surface area (Å²) in [7, 11) is 0. The average Bonchev–Trinajstić information content (AvgIpc) is 2.35. The molecule has 0 bridgehead atoms. The van der Waals surface area contributed by atoms with Crippen LogP contribution < -0.4 is 0 Å². The molecule has 0 amide bonds. The molecular weight excluding hydrogens is 200 g/mol. The van der Waals surface area contributed by atoms with Crippen LogP contribution in [-0.4, -0.2) is 11.7 Å². The van der Waals surface area contributed by atoms with Crippen LogP contribution in [0.4, 0.5) is 0 Å². The summed E-state index contributed by atoms with van der Waals surface area (Å²) in [5.41, 5.74) is 0.990. The van der Waals surface area contributed by atoms with Crippen molar-refractivity contribution in [1.29, 1.82) is 10.5 Å². The number of aliphatic hydroxyl groups excluding tert-OH is 1. The summed E-state index contributed by atoms with van der Waals surface area (Å²) in [6.45, 7) is 0.0902. The molecule has 1 atom stereocenters. The van der Waals surface area contributed by atoms with Gasteiger partial charge < -0.3 is 5.11 Å². The molecule has 1 rings (SSSR count). The molecule has 0 radical (unpaired) electrons. The Kier molecular flexibility index (Phi) is 5.05. The number of nitrogens with zero attached hydrogens (tertiary/aromatic N) is 2. The first kappa shape index (κ1) is 12.2. The van der Waals surface area contributed by atoms with Crippen LogP contribution in [0.1, 0.15) is 24.3 Å².